The number of hydrogen-bond donors (Lipinski definition) is 1. The second-order valence-corrected chi connectivity index (χ2v) is 4.22. The molecule has 2 aromatic rings. The van der Waals surface area contributed by atoms with E-state index < -0.39 is 5.97 Å². The molecule has 18 heavy (non-hydrogen) atoms. The van der Waals surface area contributed by atoms with Crippen molar-refractivity contribution < 1.29 is 9.90 Å². The van der Waals surface area contributed by atoms with Crippen LogP contribution in [0.4, 0.5) is 11.4 Å². The normalized spacial score (nSPS) is 10.1. The summed E-state index contributed by atoms with van der Waals surface area (Å²) in [6.07, 6.45) is 0. The number of para-hydroxylation sites is 2. The SMILES string of the molecule is Cc1cccc(C)c1Nc1ccccc1C(=O)[O-]. The summed E-state index contributed by atoms with van der Waals surface area (Å²) in [5.41, 5.74) is 3.80. The molecule has 0 bridgehead atoms. The molecule has 0 saturated heterocycles. The lowest BCUT2D eigenvalue weighted by atomic mass is 10.1. The first kappa shape index (κ1) is 12.2. The van der Waals surface area contributed by atoms with Gasteiger partial charge in [-0.1, -0.05) is 36.4 Å². The van der Waals surface area contributed by atoms with Crippen LogP contribution in [0.3, 0.4) is 0 Å². The topological polar surface area (TPSA) is 52.2 Å². The van der Waals surface area contributed by atoms with Crippen molar-refractivity contribution in [3.63, 3.8) is 0 Å². The van der Waals surface area contributed by atoms with Gasteiger partial charge < -0.3 is 15.2 Å². The van der Waals surface area contributed by atoms with Crippen molar-refractivity contribution in [2.45, 2.75) is 13.8 Å². The number of carbonyl (C=O) groups is 1. The lowest BCUT2D eigenvalue weighted by Gasteiger charge is -2.16. The molecule has 2 aromatic carbocycles. The van der Waals surface area contributed by atoms with Crippen LogP contribution in [0.2, 0.25) is 0 Å². The molecule has 0 aliphatic rings. The van der Waals surface area contributed by atoms with E-state index in [4.69, 9.17) is 0 Å². The van der Waals surface area contributed by atoms with E-state index >= 15 is 0 Å². The molecule has 0 amide bonds. The summed E-state index contributed by atoms with van der Waals surface area (Å²) in [6, 6.07) is 12.7. The highest BCUT2D eigenvalue weighted by Crippen LogP contribution is 2.26. The minimum absolute atomic E-state index is 0.167. The van der Waals surface area contributed by atoms with Crippen LogP contribution in [-0.2, 0) is 0 Å². The number of anilines is 2. The molecule has 1 N–H and O–H groups in total. The van der Waals surface area contributed by atoms with E-state index in [1.807, 2.05) is 32.0 Å². The fourth-order valence-corrected chi connectivity index (χ4v) is 1.92. The molecule has 3 heteroatoms. The van der Waals surface area contributed by atoms with Crippen LogP contribution in [0, 0.1) is 13.8 Å². The van der Waals surface area contributed by atoms with Gasteiger partial charge in [0.15, 0.2) is 0 Å². The van der Waals surface area contributed by atoms with Gasteiger partial charge in [0.2, 0.25) is 0 Å². The summed E-state index contributed by atoms with van der Waals surface area (Å²) in [5, 5.41) is 14.2. The van der Waals surface area contributed by atoms with Crippen LogP contribution < -0.4 is 10.4 Å². The zero-order valence-corrected chi connectivity index (χ0v) is 10.4. The highest BCUT2D eigenvalue weighted by Gasteiger charge is 2.06. The molecule has 0 aliphatic heterocycles. The van der Waals surface area contributed by atoms with Gasteiger partial charge in [-0.15, -0.1) is 0 Å². The minimum atomic E-state index is -1.18. The Morgan fingerprint density at radius 2 is 1.61 bits per heavy atom. The summed E-state index contributed by atoms with van der Waals surface area (Å²) in [6.45, 7) is 3.97. The number of aryl methyl sites for hydroxylation is 2. The van der Waals surface area contributed by atoms with Crippen molar-refractivity contribution in [3.8, 4) is 0 Å². The molecular formula is C15H14NO2-. The van der Waals surface area contributed by atoms with E-state index in [1.54, 1.807) is 18.2 Å². The number of nitrogens with one attached hydrogen (secondary N) is 1. The predicted octanol–water partition coefficient (Wildman–Crippen LogP) is 2.41. The highest BCUT2D eigenvalue weighted by atomic mass is 16.4. The van der Waals surface area contributed by atoms with Crippen molar-refractivity contribution >= 4 is 17.3 Å². The number of aromatic carboxylic acids is 1. The largest absolute Gasteiger partial charge is 0.545 e. The third-order valence-corrected chi connectivity index (χ3v) is 2.89. The number of carbonyl (C=O) groups excluding carboxylic acids is 1. The van der Waals surface area contributed by atoms with E-state index in [-0.39, 0.29) is 5.56 Å². The minimum Gasteiger partial charge on any atom is -0.545 e. The van der Waals surface area contributed by atoms with Crippen LogP contribution >= 0.6 is 0 Å². The van der Waals surface area contributed by atoms with Crippen LogP contribution in [-0.4, -0.2) is 5.97 Å². The number of benzene rings is 2. The first-order valence-electron chi connectivity index (χ1n) is 5.73. The van der Waals surface area contributed by atoms with Gasteiger partial charge in [0.05, 0.1) is 5.97 Å². The molecule has 0 aromatic heterocycles. The first-order valence-corrected chi connectivity index (χ1v) is 5.73. The van der Waals surface area contributed by atoms with Gasteiger partial charge in [0.25, 0.3) is 0 Å². The van der Waals surface area contributed by atoms with E-state index in [0.717, 1.165) is 16.8 Å². The molecule has 0 fully saturated rings. The molecule has 2 rings (SSSR count). The smallest absolute Gasteiger partial charge is 0.0736 e. The molecule has 0 spiro atoms. The number of rotatable bonds is 3. The van der Waals surface area contributed by atoms with Crippen molar-refractivity contribution in [2.75, 3.05) is 5.32 Å². The average Bonchev–Trinajstić information content (AvgIpc) is 2.34. The molecule has 3 nitrogen and oxygen atoms in total. The van der Waals surface area contributed by atoms with Gasteiger partial charge in [-0.05, 0) is 31.0 Å². The van der Waals surface area contributed by atoms with Gasteiger partial charge in [0.1, 0.15) is 0 Å². The van der Waals surface area contributed by atoms with Crippen LogP contribution in [0.15, 0.2) is 42.5 Å². The maximum atomic E-state index is 11.0. The third kappa shape index (κ3) is 2.35. The summed E-state index contributed by atoms with van der Waals surface area (Å²) < 4.78 is 0. The molecule has 0 radical (unpaired) electrons. The lowest BCUT2D eigenvalue weighted by molar-refractivity contribution is -0.254. The zero-order valence-electron chi connectivity index (χ0n) is 10.4. The third-order valence-electron chi connectivity index (χ3n) is 2.89. The van der Waals surface area contributed by atoms with Gasteiger partial charge in [-0.2, -0.15) is 0 Å². The molecule has 0 saturated carbocycles. The first-order chi connectivity index (χ1) is 8.59. The number of carboxylic acid groups (broad SMARTS) is 1. The lowest BCUT2D eigenvalue weighted by Crippen LogP contribution is -2.23. The Kier molecular flexibility index (Phi) is 3.33. The average molecular weight is 240 g/mol. The molecule has 92 valence electrons. The Morgan fingerprint density at radius 1 is 1.00 bits per heavy atom. The standard InChI is InChI=1S/C15H15NO2/c1-10-6-5-7-11(2)14(10)16-13-9-4-3-8-12(13)15(17)18/h3-9,16H,1-2H3,(H,17,18)/p-1. The van der Waals surface area contributed by atoms with Gasteiger partial charge in [-0.3, -0.25) is 0 Å². The van der Waals surface area contributed by atoms with Crippen LogP contribution in [0.5, 0.6) is 0 Å². The van der Waals surface area contributed by atoms with Gasteiger partial charge >= 0.3 is 0 Å². The summed E-state index contributed by atoms with van der Waals surface area (Å²) in [7, 11) is 0. The summed E-state index contributed by atoms with van der Waals surface area (Å²) >= 11 is 0. The predicted molar refractivity (Wildman–Crippen MR) is 70.0 cm³/mol. The highest BCUT2D eigenvalue weighted by molar-refractivity contribution is 5.94. The van der Waals surface area contributed by atoms with Crippen LogP contribution in [0.25, 0.3) is 0 Å². The van der Waals surface area contributed by atoms with Gasteiger partial charge in [0, 0.05) is 16.9 Å². The zero-order chi connectivity index (χ0) is 13.1. The molecule has 0 unspecified atom stereocenters. The Morgan fingerprint density at radius 3 is 2.22 bits per heavy atom. The van der Waals surface area contributed by atoms with E-state index in [2.05, 4.69) is 5.32 Å². The van der Waals surface area contributed by atoms with Crippen molar-refractivity contribution in [1.29, 1.82) is 0 Å². The van der Waals surface area contributed by atoms with E-state index in [1.165, 1.54) is 6.07 Å². The summed E-state index contributed by atoms with van der Waals surface area (Å²) in [4.78, 5) is 11.0. The van der Waals surface area contributed by atoms with E-state index in [0.29, 0.717) is 5.69 Å². The Labute approximate surface area is 106 Å². The van der Waals surface area contributed by atoms with E-state index in [9.17, 15) is 9.90 Å². The number of hydrogen-bond acceptors (Lipinski definition) is 3. The quantitative estimate of drug-likeness (QED) is 0.896. The molecule has 0 heterocycles. The maximum Gasteiger partial charge on any atom is 0.0736 e. The fourth-order valence-electron chi connectivity index (χ4n) is 1.92. The molecular weight excluding hydrogens is 226 g/mol. The summed E-state index contributed by atoms with van der Waals surface area (Å²) in [5.74, 6) is -1.18. The van der Waals surface area contributed by atoms with Crippen LogP contribution in [0.1, 0.15) is 21.5 Å². The molecule has 0 aliphatic carbocycles. The monoisotopic (exact) mass is 240 g/mol. The van der Waals surface area contributed by atoms with Crippen molar-refractivity contribution in [3.05, 3.63) is 59.2 Å². The second kappa shape index (κ2) is 4.92. The number of carboxylic acids is 1. The van der Waals surface area contributed by atoms with Crippen molar-refractivity contribution in [1.82, 2.24) is 0 Å². The van der Waals surface area contributed by atoms with Gasteiger partial charge in [-0.25, -0.2) is 0 Å². The second-order valence-electron chi connectivity index (χ2n) is 4.22. The fraction of sp³-hybridized carbons (Fsp3) is 0.133. The maximum absolute atomic E-state index is 11.0. The Balaban J connectivity index is 2.43. The Hall–Kier alpha value is -2.29. The Bertz CT molecular complexity index is 571. The molecule has 0 atom stereocenters. The van der Waals surface area contributed by atoms with Crippen molar-refractivity contribution in [2.24, 2.45) is 0 Å².